The van der Waals surface area contributed by atoms with Gasteiger partial charge in [0.05, 0.1) is 35.5 Å². The van der Waals surface area contributed by atoms with Crippen LogP contribution in [0.15, 0.2) is 59.3 Å². The van der Waals surface area contributed by atoms with Crippen LogP contribution in [-0.4, -0.2) is 31.0 Å². The molecule has 0 aliphatic heterocycles. The molecule has 2 aromatic heterocycles. The Labute approximate surface area is 203 Å². The number of thiazole rings is 1. The highest BCUT2D eigenvalue weighted by atomic mass is 35.5. The quantitative estimate of drug-likeness (QED) is 0.323. The fourth-order valence-electron chi connectivity index (χ4n) is 2.98. The second kappa shape index (κ2) is 10.0. The van der Waals surface area contributed by atoms with Crippen molar-refractivity contribution in [2.45, 2.75) is 0 Å². The maximum Gasteiger partial charge on any atom is 0.265 e. The molecule has 2 aromatic carbocycles. The van der Waals surface area contributed by atoms with Crippen LogP contribution in [0, 0.1) is 0 Å². The number of methoxy groups -OCH3 is 2. The Morgan fingerprint density at radius 2 is 1.76 bits per heavy atom. The number of ether oxygens (including phenoxy) is 2. The van der Waals surface area contributed by atoms with Gasteiger partial charge in [0.25, 0.3) is 11.8 Å². The van der Waals surface area contributed by atoms with Crippen LogP contribution in [0.2, 0.25) is 5.02 Å². The second-order valence-corrected chi connectivity index (χ2v) is 8.90. The van der Waals surface area contributed by atoms with E-state index in [9.17, 15) is 9.59 Å². The fraction of sp³-hybridized carbons (Fsp3) is 0.0870. The number of anilines is 2. The summed E-state index contributed by atoms with van der Waals surface area (Å²) in [5, 5.41) is 9.95. The molecule has 168 valence electrons. The summed E-state index contributed by atoms with van der Waals surface area (Å²) in [5.74, 6) is 0.553. The van der Waals surface area contributed by atoms with Gasteiger partial charge in [0.2, 0.25) is 0 Å². The van der Waals surface area contributed by atoms with Crippen LogP contribution in [0.3, 0.4) is 0 Å². The summed E-state index contributed by atoms with van der Waals surface area (Å²) in [6.07, 6.45) is 0. The number of rotatable bonds is 7. The van der Waals surface area contributed by atoms with E-state index in [0.717, 1.165) is 5.56 Å². The van der Waals surface area contributed by atoms with Crippen molar-refractivity contribution in [1.82, 2.24) is 4.98 Å². The van der Waals surface area contributed by atoms with E-state index in [-0.39, 0.29) is 11.8 Å². The minimum Gasteiger partial charge on any atom is -0.493 e. The van der Waals surface area contributed by atoms with Crippen LogP contribution in [0.25, 0.3) is 11.3 Å². The predicted octanol–water partition coefficient (Wildman–Crippen LogP) is 6.05. The molecule has 0 aliphatic rings. The summed E-state index contributed by atoms with van der Waals surface area (Å²) in [7, 11) is 3.14. The van der Waals surface area contributed by atoms with Crippen LogP contribution in [-0.2, 0) is 0 Å². The summed E-state index contributed by atoms with van der Waals surface area (Å²) in [6.45, 7) is 0. The molecule has 0 radical (unpaired) electrons. The first kappa shape index (κ1) is 22.8. The second-order valence-electron chi connectivity index (χ2n) is 6.69. The van der Waals surface area contributed by atoms with E-state index >= 15 is 0 Å². The van der Waals surface area contributed by atoms with Crippen LogP contribution >= 0.6 is 34.3 Å². The van der Waals surface area contributed by atoms with E-state index in [1.165, 1.54) is 28.7 Å². The summed E-state index contributed by atoms with van der Waals surface area (Å²) in [4.78, 5) is 30.2. The Morgan fingerprint density at radius 1 is 0.939 bits per heavy atom. The summed E-state index contributed by atoms with van der Waals surface area (Å²) < 4.78 is 10.6. The number of hydrogen-bond donors (Lipinski definition) is 2. The van der Waals surface area contributed by atoms with E-state index in [4.69, 9.17) is 21.1 Å². The lowest BCUT2D eigenvalue weighted by molar-refractivity contribution is 0.101. The first-order valence-electron chi connectivity index (χ1n) is 9.62. The average Bonchev–Trinajstić information content (AvgIpc) is 3.52. The molecule has 0 bridgehead atoms. The van der Waals surface area contributed by atoms with E-state index in [0.29, 0.717) is 43.5 Å². The Kier molecular flexibility index (Phi) is 6.93. The van der Waals surface area contributed by atoms with Crippen molar-refractivity contribution in [2.24, 2.45) is 0 Å². The Bertz CT molecular complexity index is 1310. The SMILES string of the molecule is COc1ccc(-c2csc(NC(=O)c3ccc(Cl)c(NC(=O)c4cccs4)c3)n2)cc1OC. The third-order valence-corrected chi connectivity index (χ3v) is 6.58. The minimum absolute atomic E-state index is 0.288. The predicted molar refractivity (Wildman–Crippen MR) is 132 cm³/mol. The number of carbonyl (C=O) groups excluding carboxylic acids is 2. The summed E-state index contributed by atoms with van der Waals surface area (Å²) in [6, 6.07) is 13.7. The lowest BCUT2D eigenvalue weighted by Gasteiger charge is -2.09. The van der Waals surface area contributed by atoms with Crippen LogP contribution in [0.4, 0.5) is 10.8 Å². The molecule has 2 heterocycles. The number of amides is 2. The van der Waals surface area contributed by atoms with Gasteiger partial charge in [-0.3, -0.25) is 14.9 Å². The molecule has 4 aromatic rings. The van der Waals surface area contributed by atoms with Crippen molar-refractivity contribution >= 4 is 56.9 Å². The van der Waals surface area contributed by atoms with Gasteiger partial charge in [-0.2, -0.15) is 0 Å². The first-order valence-corrected chi connectivity index (χ1v) is 11.8. The molecule has 0 aliphatic carbocycles. The third kappa shape index (κ3) is 5.16. The van der Waals surface area contributed by atoms with Gasteiger partial charge < -0.3 is 14.8 Å². The van der Waals surface area contributed by atoms with Crippen molar-refractivity contribution in [3.63, 3.8) is 0 Å². The summed E-state index contributed by atoms with van der Waals surface area (Å²) >= 11 is 8.83. The van der Waals surface area contributed by atoms with Crippen LogP contribution < -0.4 is 20.1 Å². The van der Waals surface area contributed by atoms with Crippen molar-refractivity contribution in [1.29, 1.82) is 0 Å². The number of thiophene rings is 1. The van der Waals surface area contributed by atoms with Crippen LogP contribution in [0.5, 0.6) is 11.5 Å². The number of nitrogens with one attached hydrogen (secondary N) is 2. The Balaban J connectivity index is 1.49. The van der Waals surface area contributed by atoms with Crippen molar-refractivity contribution in [3.8, 4) is 22.8 Å². The van der Waals surface area contributed by atoms with E-state index in [2.05, 4.69) is 15.6 Å². The molecular weight excluding hydrogens is 482 g/mol. The number of benzene rings is 2. The summed E-state index contributed by atoms with van der Waals surface area (Å²) in [5.41, 5.74) is 2.21. The van der Waals surface area contributed by atoms with Crippen molar-refractivity contribution in [3.05, 3.63) is 74.8 Å². The maximum atomic E-state index is 12.8. The smallest absolute Gasteiger partial charge is 0.265 e. The standard InChI is InChI=1S/C23H18ClN3O4S2/c1-30-18-8-6-13(11-19(18)31-2)17-12-33-23(26-17)27-21(28)14-5-7-15(24)16(10-14)25-22(29)20-4-3-9-32-20/h3-12H,1-2H3,(H,25,29)(H,26,27,28). The normalized spacial score (nSPS) is 10.5. The zero-order valence-electron chi connectivity index (χ0n) is 17.5. The van der Waals surface area contributed by atoms with Gasteiger partial charge in [-0.15, -0.1) is 22.7 Å². The molecule has 0 fully saturated rings. The zero-order valence-corrected chi connectivity index (χ0v) is 19.9. The molecule has 2 N–H and O–H groups in total. The highest BCUT2D eigenvalue weighted by Gasteiger charge is 2.15. The molecule has 0 spiro atoms. The monoisotopic (exact) mass is 499 g/mol. The number of aromatic nitrogens is 1. The topological polar surface area (TPSA) is 89.6 Å². The average molecular weight is 500 g/mol. The maximum absolute atomic E-state index is 12.8. The lowest BCUT2D eigenvalue weighted by Crippen LogP contribution is -2.14. The molecule has 4 rings (SSSR count). The molecule has 7 nitrogen and oxygen atoms in total. The number of carbonyl (C=O) groups is 2. The zero-order chi connectivity index (χ0) is 23.4. The molecule has 0 atom stereocenters. The largest absolute Gasteiger partial charge is 0.493 e. The Hall–Kier alpha value is -3.40. The molecule has 2 amide bonds. The molecule has 33 heavy (non-hydrogen) atoms. The third-order valence-electron chi connectivity index (χ3n) is 4.63. The molecule has 10 heteroatoms. The van der Waals surface area contributed by atoms with Gasteiger partial charge in [0, 0.05) is 16.5 Å². The fourth-order valence-corrected chi connectivity index (χ4v) is 4.48. The number of nitrogens with zero attached hydrogens (tertiary/aromatic N) is 1. The lowest BCUT2D eigenvalue weighted by atomic mass is 10.1. The molecule has 0 unspecified atom stereocenters. The number of hydrogen-bond acceptors (Lipinski definition) is 7. The molecule has 0 saturated heterocycles. The van der Waals surface area contributed by atoms with Crippen LogP contribution in [0.1, 0.15) is 20.0 Å². The highest BCUT2D eigenvalue weighted by molar-refractivity contribution is 7.14. The van der Waals surface area contributed by atoms with Gasteiger partial charge in [-0.25, -0.2) is 4.98 Å². The Morgan fingerprint density at radius 3 is 2.48 bits per heavy atom. The van der Waals surface area contributed by atoms with Gasteiger partial charge in [-0.1, -0.05) is 17.7 Å². The van der Waals surface area contributed by atoms with Gasteiger partial charge in [0.15, 0.2) is 16.6 Å². The highest BCUT2D eigenvalue weighted by Crippen LogP contribution is 2.33. The van der Waals surface area contributed by atoms with E-state index in [1.54, 1.807) is 44.6 Å². The van der Waals surface area contributed by atoms with Gasteiger partial charge in [0.1, 0.15) is 0 Å². The first-order chi connectivity index (χ1) is 16.0. The van der Waals surface area contributed by atoms with E-state index < -0.39 is 0 Å². The minimum atomic E-state index is -0.369. The van der Waals surface area contributed by atoms with Crippen molar-refractivity contribution < 1.29 is 19.1 Å². The van der Waals surface area contributed by atoms with Crippen molar-refractivity contribution in [2.75, 3.05) is 24.9 Å². The van der Waals surface area contributed by atoms with Gasteiger partial charge in [-0.05, 0) is 47.8 Å². The number of halogens is 1. The van der Waals surface area contributed by atoms with E-state index in [1.807, 2.05) is 22.9 Å². The van der Waals surface area contributed by atoms with Gasteiger partial charge >= 0.3 is 0 Å². The molecular formula is C23H18ClN3O4S2. The molecule has 0 saturated carbocycles.